The lowest BCUT2D eigenvalue weighted by molar-refractivity contribution is 0.0277. The van der Waals surface area contributed by atoms with E-state index in [1.165, 1.54) is 11.1 Å². The number of nitrogens with zero attached hydrogens (tertiary/aromatic N) is 2. The quantitative estimate of drug-likeness (QED) is 0.942. The Morgan fingerprint density at radius 2 is 2.05 bits per heavy atom. The smallest absolute Gasteiger partial charge is 0.147 e. The zero-order chi connectivity index (χ0) is 13.8. The van der Waals surface area contributed by atoms with Crippen LogP contribution >= 0.6 is 11.6 Å². The third-order valence-electron chi connectivity index (χ3n) is 3.34. The van der Waals surface area contributed by atoms with E-state index in [2.05, 4.69) is 39.6 Å². The minimum absolute atomic E-state index is 0.160. The molecule has 1 fully saturated rings. The molecule has 2 heterocycles. The van der Waals surface area contributed by atoms with Crippen LogP contribution in [-0.2, 0) is 11.2 Å². The summed E-state index contributed by atoms with van der Waals surface area (Å²) in [4.78, 5) is 8.30. The summed E-state index contributed by atoms with van der Waals surface area (Å²) in [6.45, 7) is 2.58. The highest BCUT2D eigenvalue weighted by Gasteiger charge is 2.15. The predicted molar refractivity (Wildman–Crippen MR) is 77.9 cm³/mol. The van der Waals surface area contributed by atoms with Crippen molar-refractivity contribution in [1.82, 2.24) is 15.3 Å². The third kappa shape index (κ3) is 3.33. The van der Waals surface area contributed by atoms with Crippen molar-refractivity contribution in [3.8, 4) is 0 Å². The van der Waals surface area contributed by atoms with Crippen molar-refractivity contribution in [1.29, 1.82) is 0 Å². The Kier molecular flexibility index (Phi) is 4.25. The summed E-state index contributed by atoms with van der Waals surface area (Å²) in [5.41, 5.74) is 3.33. The highest BCUT2D eigenvalue weighted by Crippen LogP contribution is 2.19. The van der Waals surface area contributed by atoms with E-state index in [0.717, 1.165) is 31.8 Å². The maximum Gasteiger partial charge on any atom is 0.147 e. The van der Waals surface area contributed by atoms with Gasteiger partial charge in [0.2, 0.25) is 0 Å². The number of hydrogen-bond donors (Lipinski definition) is 1. The molecule has 3 rings (SSSR count). The molecule has 1 aliphatic rings. The number of hydrogen-bond acceptors (Lipinski definition) is 4. The lowest BCUT2D eigenvalue weighted by Gasteiger charge is -2.24. The van der Waals surface area contributed by atoms with Gasteiger partial charge in [-0.2, -0.15) is 0 Å². The Bertz CT molecular complexity index is 550. The van der Waals surface area contributed by atoms with Gasteiger partial charge < -0.3 is 10.1 Å². The Labute approximate surface area is 123 Å². The molecular weight excluding hydrogens is 274 g/mol. The highest BCUT2D eigenvalue weighted by atomic mass is 35.5. The van der Waals surface area contributed by atoms with Crippen LogP contribution in [0.1, 0.15) is 22.9 Å². The Hall–Kier alpha value is -1.49. The van der Waals surface area contributed by atoms with E-state index in [-0.39, 0.29) is 6.10 Å². The number of morpholine rings is 1. The number of nitrogens with one attached hydrogen (secondary N) is 1. The molecule has 1 atom stereocenters. The van der Waals surface area contributed by atoms with Gasteiger partial charge in [-0.25, -0.2) is 4.98 Å². The van der Waals surface area contributed by atoms with Crippen LogP contribution in [0.2, 0.25) is 5.15 Å². The molecule has 0 unspecified atom stereocenters. The van der Waals surface area contributed by atoms with Crippen molar-refractivity contribution in [2.24, 2.45) is 0 Å². The minimum Gasteiger partial charge on any atom is -0.371 e. The van der Waals surface area contributed by atoms with Crippen molar-refractivity contribution in [3.05, 3.63) is 58.6 Å². The van der Waals surface area contributed by atoms with E-state index in [4.69, 9.17) is 16.3 Å². The van der Waals surface area contributed by atoms with Gasteiger partial charge in [0.15, 0.2) is 0 Å². The van der Waals surface area contributed by atoms with Crippen molar-refractivity contribution in [2.45, 2.75) is 12.5 Å². The normalized spacial score (nSPS) is 18.9. The number of ether oxygens (including phenoxy) is 1. The van der Waals surface area contributed by atoms with Gasteiger partial charge in [-0.15, -0.1) is 0 Å². The summed E-state index contributed by atoms with van der Waals surface area (Å²) in [7, 11) is 0. The fourth-order valence-electron chi connectivity index (χ4n) is 2.27. The molecule has 1 N–H and O–H groups in total. The minimum atomic E-state index is 0.160. The highest BCUT2D eigenvalue weighted by molar-refractivity contribution is 6.29. The first kappa shape index (κ1) is 13.5. The molecule has 1 aromatic carbocycles. The second kappa shape index (κ2) is 6.31. The van der Waals surface area contributed by atoms with Crippen molar-refractivity contribution < 1.29 is 4.74 Å². The van der Waals surface area contributed by atoms with Crippen LogP contribution < -0.4 is 5.32 Å². The van der Waals surface area contributed by atoms with Crippen LogP contribution in [0.3, 0.4) is 0 Å². The molecule has 4 nitrogen and oxygen atoms in total. The van der Waals surface area contributed by atoms with Gasteiger partial charge in [-0.3, -0.25) is 4.98 Å². The van der Waals surface area contributed by atoms with Crippen LogP contribution in [0.4, 0.5) is 0 Å². The summed E-state index contributed by atoms with van der Waals surface area (Å²) in [6, 6.07) is 8.47. The zero-order valence-corrected chi connectivity index (χ0v) is 11.8. The van der Waals surface area contributed by atoms with Gasteiger partial charge in [-0.05, 0) is 11.1 Å². The van der Waals surface area contributed by atoms with Crippen LogP contribution in [0.15, 0.2) is 36.7 Å². The molecule has 20 heavy (non-hydrogen) atoms. The maximum atomic E-state index is 5.74. The third-order valence-corrected chi connectivity index (χ3v) is 3.53. The van der Waals surface area contributed by atoms with Gasteiger partial charge >= 0.3 is 0 Å². The number of halogens is 1. The van der Waals surface area contributed by atoms with Crippen LogP contribution in [0, 0.1) is 0 Å². The Morgan fingerprint density at radius 1 is 1.20 bits per heavy atom. The average Bonchev–Trinajstić information content (AvgIpc) is 2.51. The number of rotatable bonds is 3. The maximum absolute atomic E-state index is 5.74. The Morgan fingerprint density at radius 3 is 2.70 bits per heavy atom. The molecule has 0 bridgehead atoms. The number of benzene rings is 1. The Balaban J connectivity index is 1.67. The van der Waals surface area contributed by atoms with Crippen LogP contribution in [0.5, 0.6) is 0 Å². The lowest BCUT2D eigenvalue weighted by Crippen LogP contribution is -2.33. The summed E-state index contributed by atoms with van der Waals surface area (Å²) in [6.07, 6.45) is 4.21. The first-order chi connectivity index (χ1) is 9.81. The fraction of sp³-hybridized carbons (Fsp3) is 0.333. The van der Waals surface area contributed by atoms with E-state index in [1.807, 2.05) is 0 Å². The second-order valence-corrected chi connectivity index (χ2v) is 5.20. The summed E-state index contributed by atoms with van der Waals surface area (Å²) in [5, 5.41) is 3.76. The first-order valence-electron chi connectivity index (χ1n) is 6.69. The molecule has 2 aromatic rings. The average molecular weight is 290 g/mol. The molecule has 0 aliphatic carbocycles. The fourth-order valence-corrected chi connectivity index (χ4v) is 2.37. The van der Waals surface area contributed by atoms with Crippen molar-refractivity contribution in [3.63, 3.8) is 0 Å². The van der Waals surface area contributed by atoms with E-state index < -0.39 is 0 Å². The van der Waals surface area contributed by atoms with Gasteiger partial charge in [-0.1, -0.05) is 35.9 Å². The summed E-state index contributed by atoms with van der Waals surface area (Å²) < 4.78 is 5.74. The second-order valence-electron chi connectivity index (χ2n) is 4.81. The SMILES string of the molecule is Clc1cnc(Cc2ccc([C@@H]3CNCCO3)cc2)cn1. The molecule has 1 saturated heterocycles. The van der Waals surface area contributed by atoms with E-state index in [9.17, 15) is 0 Å². The standard InChI is InChI=1S/C15H16ClN3O/c16-15-10-18-13(8-19-15)7-11-1-3-12(4-2-11)14-9-17-5-6-20-14/h1-4,8,10,14,17H,5-7,9H2/t14-/m0/s1. The van der Waals surface area contributed by atoms with Gasteiger partial charge in [0.05, 0.1) is 30.8 Å². The molecule has 1 aliphatic heterocycles. The predicted octanol–water partition coefficient (Wildman–Crippen LogP) is 2.38. The lowest BCUT2D eigenvalue weighted by atomic mass is 10.0. The van der Waals surface area contributed by atoms with Crippen molar-refractivity contribution in [2.75, 3.05) is 19.7 Å². The van der Waals surface area contributed by atoms with Crippen LogP contribution in [-0.4, -0.2) is 29.7 Å². The first-order valence-corrected chi connectivity index (χ1v) is 7.06. The molecule has 0 amide bonds. The topological polar surface area (TPSA) is 47.0 Å². The van der Waals surface area contributed by atoms with E-state index in [0.29, 0.717) is 5.15 Å². The monoisotopic (exact) mass is 289 g/mol. The van der Waals surface area contributed by atoms with Crippen molar-refractivity contribution >= 4 is 11.6 Å². The molecule has 0 radical (unpaired) electrons. The molecular formula is C15H16ClN3O. The largest absolute Gasteiger partial charge is 0.371 e. The van der Waals surface area contributed by atoms with Gasteiger partial charge in [0.1, 0.15) is 5.15 Å². The molecule has 104 valence electrons. The molecule has 1 aromatic heterocycles. The number of aromatic nitrogens is 2. The van der Waals surface area contributed by atoms with Crippen LogP contribution in [0.25, 0.3) is 0 Å². The van der Waals surface area contributed by atoms with E-state index >= 15 is 0 Å². The molecule has 5 heteroatoms. The summed E-state index contributed by atoms with van der Waals surface area (Å²) in [5.74, 6) is 0. The van der Waals surface area contributed by atoms with Gasteiger partial charge in [0.25, 0.3) is 0 Å². The summed E-state index contributed by atoms with van der Waals surface area (Å²) >= 11 is 5.73. The molecule has 0 spiro atoms. The van der Waals surface area contributed by atoms with E-state index in [1.54, 1.807) is 12.4 Å². The van der Waals surface area contributed by atoms with Gasteiger partial charge in [0, 0.05) is 19.5 Å². The molecule has 0 saturated carbocycles. The zero-order valence-electron chi connectivity index (χ0n) is 11.1.